The molecule has 110 valence electrons. The van der Waals surface area contributed by atoms with E-state index in [-0.39, 0.29) is 0 Å². The molecule has 0 bridgehead atoms. The Labute approximate surface area is 121 Å². The van der Waals surface area contributed by atoms with Gasteiger partial charge in [-0.2, -0.15) is 0 Å². The minimum absolute atomic E-state index is 0.304. The van der Waals surface area contributed by atoms with Crippen molar-refractivity contribution in [1.82, 2.24) is 4.90 Å². The lowest BCUT2D eigenvalue weighted by molar-refractivity contribution is -0.0340. The molecule has 1 aromatic carbocycles. The molecule has 2 heterocycles. The fraction of sp³-hybridized carbons (Fsp3) is 0.625. The van der Waals surface area contributed by atoms with Crippen LogP contribution in [-0.2, 0) is 11.2 Å². The van der Waals surface area contributed by atoms with Gasteiger partial charge in [0.25, 0.3) is 0 Å². The number of nitrogen functional groups attached to an aromatic ring is 1. The van der Waals surface area contributed by atoms with Crippen molar-refractivity contribution in [3.8, 4) is 0 Å². The number of fused-ring (bicyclic) bond motifs is 1. The first kappa shape index (κ1) is 13.7. The summed E-state index contributed by atoms with van der Waals surface area (Å²) in [6, 6.07) is 6.86. The Balaban J connectivity index is 1.66. The quantitative estimate of drug-likeness (QED) is 0.853. The molecule has 0 spiro atoms. The minimum Gasteiger partial charge on any atom is -0.399 e. The predicted octanol–water partition coefficient (Wildman–Crippen LogP) is 1.74. The molecule has 1 aromatic rings. The molecule has 4 heteroatoms. The highest BCUT2D eigenvalue weighted by Gasteiger charge is 2.27. The van der Waals surface area contributed by atoms with E-state index >= 15 is 0 Å². The summed E-state index contributed by atoms with van der Waals surface area (Å²) in [7, 11) is 0. The van der Waals surface area contributed by atoms with Crippen LogP contribution in [0.5, 0.6) is 0 Å². The molecule has 1 saturated heterocycles. The van der Waals surface area contributed by atoms with Crippen LogP contribution in [-0.4, -0.2) is 49.8 Å². The van der Waals surface area contributed by atoms with Crippen LogP contribution in [0.3, 0.4) is 0 Å². The molecule has 0 aliphatic carbocycles. The lowest BCUT2D eigenvalue weighted by Gasteiger charge is -2.37. The van der Waals surface area contributed by atoms with Crippen LogP contribution in [0.1, 0.15) is 19.4 Å². The highest BCUT2D eigenvalue weighted by Crippen LogP contribution is 2.30. The van der Waals surface area contributed by atoms with Gasteiger partial charge in [0, 0.05) is 43.6 Å². The number of rotatable bonds is 3. The average molecular weight is 275 g/mol. The Morgan fingerprint density at radius 2 is 2.20 bits per heavy atom. The molecule has 4 nitrogen and oxygen atoms in total. The number of hydrogen-bond donors (Lipinski definition) is 1. The van der Waals surface area contributed by atoms with Crippen LogP contribution < -0.4 is 10.6 Å². The zero-order chi connectivity index (χ0) is 14.1. The first-order valence-electron chi connectivity index (χ1n) is 7.62. The molecule has 1 atom stereocenters. The Hall–Kier alpha value is -1.26. The summed E-state index contributed by atoms with van der Waals surface area (Å²) in [6.45, 7) is 9.51. The second-order valence-electron chi connectivity index (χ2n) is 6.17. The van der Waals surface area contributed by atoms with Crippen molar-refractivity contribution in [3.05, 3.63) is 23.8 Å². The zero-order valence-corrected chi connectivity index (χ0v) is 12.5. The van der Waals surface area contributed by atoms with Gasteiger partial charge in [0.2, 0.25) is 0 Å². The first-order valence-corrected chi connectivity index (χ1v) is 7.62. The van der Waals surface area contributed by atoms with Crippen molar-refractivity contribution in [2.24, 2.45) is 0 Å². The fourth-order valence-corrected chi connectivity index (χ4v) is 3.22. The standard InChI is InChI=1S/C16H25N3O/c1-12(2)18-7-8-20-15(10-18)11-19-6-5-13-3-4-14(17)9-16(13)19/h3-4,9,12,15H,5-8,10-11,17H2,1-2H3. The molecule has 0 saturated carbocycles. The van der Waals surface area contributed by atoms with Crippen LogP contribution in [0, 0.1) is 0 Å². The molecule has 2 N–H and O–H groups in total. The monoisotopic (exact) mass is 275 g/mol. The van der Waals surface area contributed by atoms with E-state index < -0.39 is 0 Å². The number of benzene rings is 1. The Bertz CT molecular complexity index is 475. The highest BCUT2D eigenvalue weighted by atomic mass is 16.5. The zero-order valence-electron chi connectivity index (χ0n) is 12.5. The van der Waals surface area contributed by atoms with E-state index in [2.05, 4.69) is 35.8 Å². The topological polar surface area (TPSA) is 41.7 Å². The van der Waals surface area contributed by atoms with Gasteiger partial charge in [-0.3, -0.25) is 4.90 Å². The first-order chi connectivity index (χ1) is 9.63. The van der Waals surface area contributed by atoms with E-state index in [9.17, 15) is 0 Å². The van der Waals surface area contributed by atoms with Gasteiger partial charge >= 0.3 is 0 Å². The normalized spacial score (nSPS) is 23.4. The fourth-order valence-electron chi connectivity index (χ4n) is 3.22. The summed E-state index contributed by atoms with van der Waals surface area (Å²) < 4.78 is 5.95. The van der Waals surface area contributed by atoms with E-state index in [1.54, 1.807) is 0 Å². The number of morpholine rings is 1. The van der Waals surface area contributed by atoms with E-state index in [1.165, 1.54) is 11.3 Å². The van der Waals surface area contributed by atoms with Crippen molar-refractivity contribution in [2.45, 2.75) is 32.4 Å². The predicted molar refractivity (Wildman–Crippen MR) is 83.2 cm³/mol. The van der Waals surface area contributed by atoms with Gasteiger partial charge in [-0.05, 0) is 38.0 Å². The van der Waals surface area contributed by atoms with Crippen LogP contribution in [0.2, 0.25) is 0 Å². The highest BCUT2D eigenvalue weighted by molar-refractivity contribution is 5.64. The largest absolute Gasteiger partial charge is 0.399 e. The van der Waals surface area contributed by atoms with E-state index in [0.717, 1.165) is 44.9 Å². The molecule has 0 radical (unpaired) electrons. The third-order valence-corrected chi connectivity index (χ3v) is 4.43. The summed E-state index contributed by atoms with van der Waals surface area (Å²) >= 11 is 0. The van der Waals surface area contributed by atoms with Crippen LogP contribution in [0.4, 0.5) is 11.4 Å². The van der Waals surface area contributed by atoms with Gasteiger partial charge in [0.15, 0.2) is 0 Å². The molecule has 1 fully saturated rings. The number of anilines is 2. The minimum atomic E-state index is 0.304. The van der Waals surface area contributed by atoms with Gasteiger partial charge in [0.05, 0.1) is 12.7 Å². The second-order valence-corrected chi connectivity index (χ2v) is 6.17. The summed E-state index contributed by atoms with van der Waals surface area (Å²) in [5, 5.41) is 0. The Morgan fingerprint density at radius 3 is 3.00 bits per heavy atom. The van der Waals surface area contributed by atoms with E-state index in [1.807, 2.05) is 6.07 Å². The Morgan fingerprint density at radius 1 is 1.35 bits per heavy atom. The SMILES string of the molecule is CC(C)N1CCOC(CN2CCc3ccc(N)cc32)C1. The maximum Gasteiger partial charge on any atom is 0.0877 e. The van der Waals surface area contributed by atoms with Crippen LogP contribution in [0.15, 0.2) is 18.2 Å². The molecule has 0 amide bonds. The molecule has 2 aliphatic rings. The summed E-state index contributed by atoms with van der Waals surface area (Å²) in [4.78, 5) is 4.94. The summed E-state index contributed by atoms with van der Waals surface area (Å²) in [5.74, 6) is 0. The third-order valence-electron chi connectivity index (χ3n) is 4.43. The summed E-state index contributed by atoms with van der Waals surface area (Å²) in [6.07, 6.45) is 1.43. The van der Waals surface area contributed by atoms with E-state index in [0.29, 0.717) is 12.1 Å². The summed E-state index contributed by atoms with van der Waals surface area (Å²) in [5.41, 5.74) is 9.49. The van der Waals surface area contributed by atoms with Crippen molar-refractivity contribution in [1.29, 1.82) is 0 Å². The van der Waals surface area contributed by atoms with Gasteiger partial charge in [0.1, 0.15) is 0 Å². The van der Waals surface area contributed by atoms with Gasteiger partial charge in [-0.1, -0.05) is 6.07 Å². The lowest BCUT2D eigenvalue weighted by Crippen LogP contribution is -2.49. The molecule has 1 unspecified atom stereocenters. The van der Waals surface area contributed by atoms with E-state index in [4.69, 9.17) is 10.5 Å². The number of hydrogen-bond acceptors (Lipinski definition) is 4. The van der Waals surface area contributed by atoms with Crippen LogP contribution in [0.25, 0.3) is 0 Å². The number of nitrogens with two attached hydrogens (primary N) is 1. The molecule has 2 aliphatic heterocycles. The van der Waals surface area contributed by atoms with Crippen LogP contribution >= 0.6 is 0 Å². The van der Waals surface area contributed by atoms with Gasteiger partial charge in [-0.25, -0.2) is 0 Å². The second kappa shape index (κ2) is 5.62. The maximum atomic E-state index is 5.95. The number of ether oxygens (including phenoxy) is 1. The molecular weight excluding hydrogens is 250 g/mol. The molecular formula is C16H25N3O. The maximum absolute atomic E-state index is 5.95. The van der Waals surface area contributed by atoms with Crippen molar-refractivity contribution in [3.63, 3.8) is 0 Å². The van der Waals surface area contributed by atoms with Crippen molar-refractivity contribution in [2.75, 3.05) is 43.4 Å². The van der Waals surface area contributed by atoms with Gasteiger partial charge in [-0.15, -0.1) is 0 Å². The lowest BCUT2D eigenvalue weighted by atomic mass is 10.1. The smallest absolute Gasteiger partial charge is 0.0877 e. The van der Waals surface area contributed by atoms with Crippen molar-refractivity contribution < 1.29 is 4.74 Å². The molecule has 20 heavy (non-hydrogen) atoms. The van der Waals surface area contributed by atoms with Gasteiger partial charge < -0.3 is 15.4 Å². The molecule has 0 aromatic heterocycles. The molecule has 3 rings (SSSR count). The Kier molecular flexibility index (Phi) is 3.85. The third kappa shape index (κ3) is 2.76. The average Bonchev–Trinajstić information content (AvgIpc) is 2.82. The number of nitrogens with zero attached hydrogens (tertiary/aromatic N) is 2. The van der Waals surface area contributed by atoms with Crippen molar-refractivity contribution >= 4 is 11.4 Å².